The van der Waals surface area contributed by atoms with Crippen molar-refractivity contribution in [3.8, 4) is 11.5 Å². The van der Waals surface area contributed by atoms with Crippen molar-refractivity contribution in [2.75, 3.05) is 31.1 Å². The minimum Gasteiger partial charge on any atom is -0.354 e. The summed E-state index contributed by atoms with van der Waals surface area (Å²) in [7, 11) is 0. The minimum atomic E-state index is -0.319. The summed E-state index contributed by atoms with van der Waals surface area (Å²) in [6.45, 7) is 2.68. The van der Waals surface area contributed by atoms with Gasteiger partial charge in [-0.05, 0) is 49.1 Å². The Labute approximate surface area is 179 Å². The van der Waals surface area contributed by atoms with Gasteiger partial charge in [0.05, 0.1) is 12.0 Å². The van der Waals surface area contributed by atoms with Crippen molar-refractivity contribution in [3.05, 3.63) is 59.8 Å². The van der Waals surface area contributed by atoms with Gasteiger partial charge in [0.1, 0.15) is 11.6 Å². The van der Waals surface area contributed by atoms with Crippen LogP contribution in [0.5, 0.6) is 0 Å². The zero-order chi connectivity index (χ0) is 21.2. The second-order valence-electron chi connectivity index (χ2n) is 8.13. The Balaban J connectivity index is 1.29. The predicted octanol–water partition coefficient (Wildman–Crippen LogP) is 3.43. The van der Waals surface area contributed by atoms with Crippen LogP contribution >= 0.6 is 0 Å². The molecule has 1 saturated carbocycles. The lowest BCUT2D eigenvalue weighted by Gasteiger charge is -2.24. The van der Waals surface area contributed by atoms with Crippen molar-refractivity contribution in [1.82, 2.24) is 20.0 Å². The number of nitrogens with zero attached hydrogens (tertiary/aromatic N) is 5. The van der Waals surface area contributed by atoms with E-state index in [9.17, 15) is 9.18 Å². The topological polar surface area (TPSA) is 75.4 Å². The summed E-state index contributed by atoms with van der Waals surface area (Å²) in [6.07, 6.45) is 5.02. The van der Waals surface area contributed by atoms with Crippen LogP contribution in [-0.2, 0) is 11.2 Å². The van der Waals surface area contributed by atoms with Crippen molar-refractivity contribution >= 4 is 11.7 Å². The van der Waals surface area contributed by atoms with E-state index in [-0.39, 0.29) is 18.1 Å². The first kappa shape index (κ1) is 19.7. The summed E-state index contributed by atoms with van der Waals surface area (Å²) >= 11 is 0. The molecule has 1 aromatic carbocycles. The molecule has 3 aromatic rings. The molecule has 0 atom stereocenters. The number of anilines is 1. The van der Waals surface area contributed by atoms with Gasteiger partial charge in [-0.15, -0.1) is 0 Å². The monoisotopic (exact) mass is 421 g/mol. The summed E-state index contributed by atoms with van der Waals surface area (Å²) in [4.78, 5) is 26.0. The highest BCUT2D eigenvalue weighted by atomic mass is 19.1. The van der Waals surface area contributed by atoms with Crippen molar-refractivity contribution < 1.29 is 13.7 Å². The second-order valence-corrected chi connectivity index (χ2v) is 8.13. The van der Waals surface area contributed by atoms with Gasteiger partial charge in [0.25, 0.3) is 5.89 Å². The van der Waals surface area contributed by atoms with Crippen LogP contribution in [0.4, 0.5) is 10.2 Å². The molecule has 2 aromatic heterocycles. The smallest absolute Gasteiger partial charge is 0.261 e. The Morgan fingerprint density at radius 1 is 1.13 bits per heavy atom. The molecule has 0 radical (unpaired) electrons. The summed E-state index contributed by atoms with van der Waals surface area (Å²) in [5, 5.41) is 4.13. The number of carbonyl (C=O) groups is 1. The SMILES string of the molecule is O=C(Cc1cccc(F)c1)N1CCCN(c2ncccc2-c2nc(C3CC3)no2)CC1. The quantitative estimate of drug-likeness (QED) is 0.628. The zero-order valence-electron chi connectivity index (χ0n) is 17.2. The van der Waals surface area contributed by atoms with Crippen LogP contribution < -0.4 is 4.90 Å². The molecule has 8 heteroatoms. The zero-order valence-corrected chi connectivity index (χ0v) is 17.2. The maximum atomic E-state index is 13.4. The predicted molar refractivity (Wildman–Crippen MR) is 113 cm³/mol. The van der Waals surface area contributed by atoms with Crippen LogP contribution in [0, 0.1) is 5.82 Å². The molecule has 5 rings (SSSR count). The highest BCUT2D eigenvalue weighted by Gasteiger charge is 2.30. The molecule has 31 heavy (non-hydrogen) atoms. The third-order valence-corrected chi connectivity index (χ3v) is 5.79. The second kappa shape index (κ2) is 8.45. The average molecular weight is 421 g/mol. The molecule has 1 saturated heterocycles. The number of carbonyl (C=O) groups excluding carboxylic acids is 1. The molecule has 2 fully saturated rings. The molecule has 1 aliphatic heterocycles. The van der Waals surface area contributed by atoms with Gasteiger partial charge in [-0.25, -0.2) is 9.37 Å². The van der Waals surface area contributed by atoms with Crippen LogP contribution in [0.15, 0.2) is 47.1 Å². The van der Waals surface area contributed by atoms with Crippen molar-refractivity contribution in [3.63, 3.8) is 0 Å². The fourth-order valence-corrected chi connectivity index (χ4v) is 3.98. The fraction of sp³-hybridized carbons (Fsp3) is 0.391. The normalized spacial score (nSPS) is 16.9. The van der Waals surface area contributed by atoms with Gasteiger partial charge < -0.3 is 14.3 Å². The Bertz CT molecular complexity index is 1080. The molecule has 3 heterocycles. The number of aromatic nitrogens is 3. The van der Waals surface area contributed by atoms with E-state index in [2.05, 4.69) is 20.0 Å². The van der Waals surface area contributed by atoms with Crippen LogP contribution in [0.25, 0.3) is 11.5 Å². The van der Waals surface area contributed by atoms with Crippen molar-refractivity contribution in [2.45, 2.75) is 31.6 Å². The molecule has 1 aliphatic carbocycles. The van der Waals surface area contributed by atoms with Crippen LogP contribution in [0.1, 0.15) is 36.6 Å². The van der Waals surface area contributed by atoms with E-state index >= 15 is 0 Å². The highest BCUT2D eigenvalue weighted by molar-refractivity contribution is 5.79. The summed E-state index contributed by atoms with van der Waals surface area (Å²) < 4.78 is 19.0. The molecule has 160 valence electrons. The van der Waals surface area contributed by atoms with E-state index < -0.39 is 0 Å². The Morgan fingerprint density at radius 2 is 2.03 bits per heavy atom. The highest BCUT2D eigenvalue weighted by Crippen LogP contribution is 2.39. The lowest BCUT2D eigenvalue weighted by atomic mass is 10.1. The minimum absolute atomic E-state index is 0.0136. The molecule has 0 N–H and O–H groups in total. The first-order valence-corrected chi connectivity index (χ1v) is 10.7. The van der Waals surface area contributed by atoms with E-state index in [0.717, 1.165) is 43.0 Å². The first-order chi connectivity index (χ1) is 15.2. The summed E-state index contributed by atoms with van der Waals surface area (Å²) in [6, 6.07) is 10.0. The molecule has 0 bridgehead atoms. The van der Waals surface area contributed by atoms with Gasteiger partial charge in [0, 0.05) is 38.3 Å². The van der Waals surface area contributed by atoms with Gasteiger partial charge in [-0.1, -0.05) is 17.3 Å². The lowest BCUT2D eigenvalue weighted by Crippen LogP contribution is -2.36. The van der Waals surface area contributed by atoms with E-state index in [1.54, 1.807) is 18.3 Å². The maximum absolute atomic E-state index is 13.4. The number of halogens is 1. The number of hydrogen-bond donors (Lipinski definition) is 0. The molecular weight excluding hydrogens is 397 g/mol. The van der Waals surface area contributed by atoms with Crippen LogP contribution in [0.3, 0.4) is 0 Å². The van der Waals surface area contributed by atoms with E-state index in [4.69, 9.17) is 4.52 Å². The van der Waals surface area contributed by atoms with E-state index in [1.807, 2.05) is 17.0 Å². The number of hydrogen-bond acceptors (Lipinski definition) is 6. The van der Waals surface area contributed by atoms with E-state index in [0.29, 0.717) is 37.0 Å². The van der Waals surface area contributed by atoms with Gasteiger partial charge >= 0.3 is 0 Å². The largest absolute Gasteiger partial charge is 0.354 e. The first-order valence-electron chi connectivity index (χ1n) is 10.7. The van der Waals surface area contributed by atoms with Crippen LogP contribution in [-0.4, -0.2) is 52.1 Å². The van der Waals surface area contributed by atoms with Gasteiger partial charge in [-0.2, -0.15) is 4.98 Å². The molecule has 2 aliphatic rings. The Kier molecular flexibility index (Phi) is 5.36. The van der Waals surface area contributed by atoms with Gasteiger partial charge in [0.15, 0.2) is 5.82 Å². The number of rotatable bonds is 5. The number of pyridine rings is 1. The van der Waals surface area contributed by atoms with Crippen molar-refractivity contribution in [1.29, 1.82) is 0 Å². The van der Waals surface area contributed by atoms with Crippen molar-refractivity contribution in [2.24, 2.45) is 0 Å². The van der Waals surface area contributed by atoms with E-state index in [1.165, 1.54) is 12.1 Å². The molecule has 0 unspecified atom stereocenters. The molecule has 7 nitrogen and oxygen atoms in total. The summed E-state index contributed by atoms with van der Waals surface area (Å²) in [5.41, 5.74) is 1.52. The third kappa shape index (κ3) is 4.42. The molecule has 0 spiro atoms. The number of benzene rings is 1. The van der Waals surface area contributed by atoms with Crippen LogP contribution in [0.2, 0.25) is 0 Å². The fourth-order valence-electron chi connectivity index (χ4n) is 3.98. The standard InChI is InChI=1S/C23H24FN5O2/c24-18-5-1-4-16(14-18)15-20(30)28-10-3-11-29(13-12-28)22-19(6-2-9-25-22)23-26-21(27-31-23)17-7-8-17/h1-2,4-6,9,14,17H,3,7-8,10-13,15H2. The number of amides is 1. The third-order valence-electron chi connectivity index (χ3n) is 5.79. The van der Waals surface area contributed by atoms with Gasteiger partial charge in [0.2, 0.25) is 5.91 Å². The Morgan fingerprint density at radius 3 is 2.87 bits per heavy atom. The lowest BCUT2D eigenvalue weighted by molar-refractivity contribution is -0.130. The Hall–Kier alpha value is -3.29. The van der Waals surface area contributed by atoms with Gasteiger partial charge in [-0.3, -0.25) is 4.79 Å². The molecular formula is C23H24FN5O2. The maximum Gasteiger partial charge on any atom is 0.261 e. The molecule has 1 amide bonds. The summed E-state index contributed by atoms with van der Waals surface area (Å²) in [5.74, 6) is 2.19. The average Bonchev–Trinajstić information content (AvgIpc) is 3.56.